The Hall–Kier alpha value is -2.86. The number of hydrogen-bond donors (Lipinski definition) is 1. The Labute approximate surface area is 164 Å². The smallest absolute Gasteiger partial charge is 0.255 e. The SMILES string of the molecule is CC1(C)CC(=O)c2cc(C(=O)Nc3ccc(N4CCOCC4)cc3)ccc2O1. The minimum absolute atomic E-state index is 0.00392. The molecule has 0 bridgehead atoms. The van der Waals surface area contributed by atoms with Crippen molar-refractivity contribution < 1.29 is 19.1 Å². The number of fused-ring (bicyclic) bond motifs is 1. The highest BCUT2D eigenvalue weighted by molar-refractivity contribution is 6.07. The van der Waals surface area contributed by atoms with Crippen LogP contribution in [0, 0.1) is 0 Å². The van der Waals surface area contributed by atoms with E-state index in [1.165, 1.54) is 0 Å². The van der Waals surface area contributed by atoms with Crippen LogP contribution in [-0.2, 0) is 4.74 Å². The number of nitrogens with zero attached hydrogens (tertiary/aromatic N) is 1. The van der Waals surface area contributed by atoms with Crippen LogP contribution >= 0.6 is 0 Å². The Balaban J connectivity index is 1.47. The Morgan fingerprint density at radius 3 is 2.50 bits per heavy atom. The fraction of sp³-hybridized carbons (Fsp3) is 0.364. The second kappa shape index (κ2) is 7.28. The second-order valence-corrected chi connectivity index (χ2v) is 7.77. The molecule has 0 unspecified atom stereocenters. The standard InChI is InChI=1S/C22H24N2O4/c1-22(2)14-19(25)18-13-15(3-8-20(18)28-22)21(26)23-16-4-6-17(7-5-16)24-9-11-27-12-10-24/h3-8,13H,9-12,14H2,1-2H3,(H,23,26). The molecule has 0 spiro atoms. The lowest BCUT2D eigenvalue weighted by Crippen LogP contribution is -2.36. The van der Waals surface area contributed by atoms with Crippen LogP contribution < -0.4 is 15.0 Å². The van der Waals surface area contributed by atoms with Crippen molar-refractivity contribution >= 4 is 23.1 Å². The molecule has 0 aliphatic carbocycles. The third-order valence-corrected chi connectivity index (χ3v) is 5.02. The molecule has 146 valence electrons. The average Bonchev–Trinajstić information content (AvgIpc) is 2.68. The summed E-state index contributed by atoms with van der Waals surface area (Å²) in [6.07, 6.45) is 0.300. The number of morpholine rings is 1. The van der Waals surface area contributed by atoms with Crippen LogP contribution in [-0.4, -0.2) is 43.6 Å². The number of Topliss-reactive ketones (excluding diaryl/α,β-unsaturated/α-hetero) is 1. The summed E-state index contributed by atoms with van der Waals surface area (Å²) in [4.78, 5) is 27.3. The van der Waals surface area contributed by atoms with E-state index in [0.717, 1.165) is 32.0 Å². The molecule has 1 saturated heterocycles. The van der Waals surface area contributed by atoms with Gasteiger partial charge < -0.3 is 19.7 Å². The molecule has 0 saturated carbocycles. The molecule has 1 N–H and O–H groups in total. The summed E-state index contributed by atoms with van der Waals surface area (Å²) in [6, 6.07) is 12.8. The van der Waals surface area contributed by atoms with E-state index in [1.54, 1.807) is 18.2 Å². The third-order valence-electron chi connectivity index (χ3n) is 5.02. The molecule has 1 amide bonds. The zero-order chi connectivity index (χ0) is 19.7. The lowest BCUT2D eigenvalue weighted by atomic mass is 9.92. The van der Waals surface area contributed by atoms with Gasteiger partial charge in [0.15, 0.2) is 5.78 Å². The van der Waals surface area contributed by atoms with E-state index in [1.807, 2.05) is 38.1 Å². The third kappa shape index (κ3) is 3.87. The van der Waals surface area contributed by atoms with Crippen LogP contribution in [0.5, 0.6) is 5.75 Å². The zero-order valence-electron chi connectivity index (χ0n) is 16.2. The Bertz CT molecular complexity index is 899. The number of rotatable bonds is 3. The van der Waals surface area contributed by atoms with Gasteiger partial charge >= 0.3 is 0 Å². The largest absolute Gasteiger partial charge is 0.487 e. The van der Waals surface area contributed by atoms with Crippen molar-refractivity contribution in [2.75, 3.05) is 36.5 Å². The van der Waals surface area contributed by atoms with Gasteiger partial charge in [0, 0.05) is 30.0 Å². The Morgan fingerprint density at radius 1 is 1.07 bits per heavy atom. The van der Waals surface area contributed by atoms with Gasteiger partial charge in [0.1, 0.15) is 11.4 Å². The molecule has 2 aromatic carbocycles. The van der Waals surface area contributed by atoms with Gasteiger partial charge in [-0.25, -0.2) is 0 Å². The summed E-state index contributed by atoms with van der Waals surface area (Å²) in [6.45, 7) is 6.97. The molecule has 0 radical (unpaired) electrons. The maximum absolute atomic E-state index is 12.6. The van der Waals surface area contributed by atoms with Crippen molar-refractivity contribution in [1.82, 2.24) is 0 Å². The van der Waals surface area contributed by atoms with Crippen molar-refractivity contribution in [3.8, 4) is 5.75 Å². The highest BCUT2D eigenvalue weighted by Crippen LogP contribution is 2.33. The van der Waals surface area contributed by atoms with E-state index in [9.17, 15) is 9.59 Å². The van der Waals surface area contributed by atoms with Crippen LogP contribution in [0.1, 0.15) is 41.0 Å². The first-order valence-corrected chi connectivity index (χ1v) is 9.52. The predicted octanol–water partition coefficient (Wildman–Crippen LogP) is 3.52. The number of carbonyl (C=O) groups is 2. The molecule has 6 nitrogen and oxygen atoms in total. The molecule has 28 heavy (non-hydrogen) atoms. The summed E-state index contributed by atoms with van der Waals surface area (Å²) in [7, 11) is 0. The van der Waals surface area contributed by atoms with Gasteiger partial charge in [-0.15, -0.1) is 0 Å². The molecule has 1 fully saturated rings. The maximum Gasteiger partial charge on any atom is 0.255 e. The molecular formula is C22H24N2O4. The van der Waals surface area contributed by atoms with Gasteiger partial charge in [-0.1, -0.05) is 0 Å². The highest BCUT2D eigenvalue weighted by Gasteiger charge is 2.32. The van der Waals surface area contributed by atoms with Gasteiger partial charge in [-0.2, -0.15) is 0 Å². The quantitative estimate of drug-likeness (QED) is 0.882. The zero-order valence-corrected chi connectivity index (χ0v) is 16.2. The lowest BCUT2D eigenvalue weighted by molar-refractivity contribution is 0.0620. The minimum Gasteiger partial charge on any atom is -0.487 e. The van der Waals surface area contributed by atoms with E-state index in [-0.39, 0.29) is 11.7 Å². The predicted molar refractivity (Wildman–Crippen MR) is 108 cm³/mol. The number of amides is 1. The van der Waals surface area contributed by atoms with E-state index in [2.05, 4.69) is 10.2 Å². The topological polar surface area (TPSA) is 67.9 Å². The number of carbonyl (C=O) groups excluding carboxylic acids is 2. The first kappa shape index (κ1) is 18.5. The van der Waals surface area contributed by atoms with Crippen LogP contribution in [0.25, 0.3) is 0 Å². The van der Waals surface area contributed by atoms with Gasteiger partial charge in [-0.3, -0.25) is 9.59 Å². The summed E-state index contributed by atoms with van der Waals surface area (Å²) in [5, 5.41) is 2.89. The van der Waals surface area contributed by atoms with E-state index < -0.39 is 5.60 Å². The highest BCUT2D eigenvalue weighted by atomic mass is 16.5. The van der Waals surface area contributed by atoms with Gasteiger partial charge in [0.2, 0.25) is 0 Å². The summed E-state index contributed by atoms with van der Waals surface area (Å²) in [5.41, 5.74) is 2.21. The Kier molecular flexibility index (Phi) is 4.81. The number of nitrogens with one attached hydrogen (secondary N) is 1. The van der Waals surface area contributed by atoms with Crippen molar-refractivity contribution in [3.05, 3.63) is 53.6 Å². The second-order valence-electron chi connectivity index (χ2n) is 7.77. The Morgan fingerprint density at radius 2 is 1.79 bits per heavy atom. The number of ether oxygens (including phenoxy) is 2. The molecule has 0 aromatic heterocycles. The summed E-state index contributed by atoms with van der Waals surface area (Å²) in [5.74, 6) is 0.281. The van der Waals surface area contributed by atoms with E-state index >= 15 is 0 Å². The van der Waals surface area contributed by atoms with Crippen molar-refractivity contribution in [1.29, 1.82) is 0 Å². The van der Waals surface area contributed by atoms with Gasteiger partial charge in [-0.05, 0) is 56.3 Å². The van der Waals surface area contributed by atoms with Crippen LogP contribution in [0.15, 0.2) is 42.5 Å². The molecule has 0 atom stereocenters. The first-order chi connectivity index (χ1) is 13.4. The average molecular weight is 380 g/mol. The number of ketones is 1. The van der Waals surface area contributed by atoms with Crippen LogP contribution in [0.3, 0.4) is 0 Å². The molecule has 6 heteroatoms. The molecule has 2 aliphatic heterocycles. The van der Waals surface area contributed by atoms with Crippen molar-refractivity contribution in [3.63, 3.8) is 0 Å². The number of anilines is 2. The lowest BCUT2D eigenvalue weighted by Gasteiger charge is -2.31. The fourth-order valence-electron chi connectivity index (χ4n) is 3.57. The summed E-state index contributed by atoms with van der Waals surface area (Å²) >= 11 is 0. The van der Waals surface area contributed by atoms with Crippen LogP contribution in [0.2, 0.25) is 0 Å². The monoisotopic (exact) mass is 380 g/mol. The summed E-state index contributed by atoms with van der Waals surface area (Å²) < 4.78 is 11.2. The molecular weight excluding hydrogens is 356 g/mol. The first-order valence-electron chi connectivity index (χ1n) is 9.52. The minimum atomic E-state index is -0.518. The molecule has 2 aliphatic rings. The van der Waals surface area contributed by atoms with Gasteiger partial charge in [0.05, 0.1) is 25.2 Å². The molecule has 2 heterocycles. The normalized spacial score (nSPS) is 18.2. The van der Waals surface area contributed by atoms with E-state index in [4.69, 9.17) is 9.47 Å². The van der Waals surface area contributed by atoms with Crippen molar-refractivity contribution in [2.45, 2.75) is 25.9 Å². The molecule has 4 rings (SSSR count). The maximum atomic E-state index is 12.6. The number of hydrogen-bond acceptors (Lipinski definition) is 5. The van der Waals surface area contributed by atoms with E-state index in [0.29, 0.717) is 29.0 Å². The van der Waals surface area contributed by atoms with Gasteiger partial charge in [0.25, 0.3) is 5.91 Å². The van der Waals surface area contributed by atoms with Crippen molar-refractivity contribution in [2.24, 2.45) is 0 Å². The number of benzene rings is 2. The fourth-order valence-corrected chi connectivity index (χ4v) is 3.57. The van der Waals surface area contributed by atoms with Crippen LogP contribution in [0.4, 0.5) is 11.4 Å². The molecule has 2 aromatic rings.